The van der Waals surface area contributed by atoms with Crippen LogP contribution in [0.2, 0.25) is 0 Å². The lowest BCUT2D eigenvalue weighted by atomic mass is 9.78. The lowest BCUT2D eigenvalue weighted by molar-refractivity contribution is 0.207. The van der Waals surface area contributed by atoms with E-state index in [9.17, 15) is 0 Å². The van der Waals surface area contributed by atoms with E-state index in [1.54, 1.807) is 0 Å². The Morgan fingerprint density at radius 1 is 1.28 bits per heavy atom. The molecule has 0 amide bonds. The Hall–Kier alpha value is -1.61. The fourth-order valence-corrected chi connectivity index (χ4v) is 2.49. The van der Waals surface area contributed by atoms with Gasteiger partial charge >= 0.3 is 0 Å². The minimum absolute atomic E-state index is 0.339. The summed E-state index contributed by atoms with van der Waals surface area (Å²) in [5, 5.41) is 10.9. The van der Waals surface area contributed by atoms with Crippen molar-refractivity contribution < 1.29 is 0 Å². The minimum Gasteiger partial charge on any atom is -0.307 e. The van der Waals surface area contributed by atoms with Gasteiger partial charge in [-0.1, -0.05) is 30.3 Å². The van der Waals surface area contributed by atoms with Crippen LogP contribution in [-0.2, 0) is 6.54 Å². The van der Waals surface area contributed by atoms with Gasteiger partial charge in [0.1, 0.15) is 0 Å². The average molecular weight is 241 g/mol. The molecule has 0 atom stereocenters. The first kappa shape index (κ1) is 11.5. The molecule has 0 bridgehead atoms. The fraction of sp³-hybridized carbons (Fsp3) is 0.400. The first-order chi connectivity index (χ1) is 8.77. The van der Waals surface area contributed by atoms with Crippen LogP contribution in [0.25, 0.3) is 11.3 Å². The fourth-order valence-electron chi connectivity index (χ4n) is 2.49. The van der Waals surface area contributed by atoms with Crippen molar-refractivity contribution in [1.82, 2.24) is 15.5 Å². The monoisotopic (exact) mass is 241 g/mol. The molecule has 1 heterocycles. The summed E-state index contributed by atoms with van der Waals surface area (Å²) in [6.07, 6.45) is 5.84. The molecular formula is C15H19N3. The van der Waals surface area contributed by atoms with Crippen molar-refractivity contribution in [3.05, 3.63) is 42.1 Å². The van der Waals surface area contributed by atoms with Crippen LogP contribution in [0.5, 0.6) is 0 Å². The van der Waals surface area contributed by atoms with Crippen molar-refractivity contribution in [1.29, 1.82) is 0 Å². The first-order valence-electron chi connectivity index (χ1n) is 6.60. The summed E-state index contributed by atoms with van der Waals surface area (Å²) in [5.41, 5.74) is 3.91. The van der Waals surface area contributed by atoms with Gasteiger partial charge in [-0.05, 0) is 31.7 Å². The summed E-state index contributed by atoms with van der Waals surface area (Å²) in [6.45, 7) is 3.19. The van der Waals surface area contributed by atoms with Gasteiger partial charge in [-0.3, -0.25) is 5.10 Å². The van der Waals surface area contributed by atoms with E-state index < -0.39 is 0 Å². The van der Waals surface area contributed by atoms with Gasteiger partial charge < -0.3 is 5.32 Å². The van der Waals surface area contributed by atoms with Crippen molar-refractivity contribution in [2.45, 2.75) is 38.3 Å². The Kier molecular flexibility index (Phi) is 2.92. The maximum Gasteiger partial charge on any atom is 0.0695 e. The predicted octanol–water partition coefficient (Wildman–Crippen LogP) is 3.11. The molecule has 1 aromatic heterocycles. The third kappa shape index (κ3) is 2.18. The van der Waals surface area contributed by atoms with E-state index in [1.165, 1.54) is 30.4 Å². The molecule has 2 N–H and O–H groups in total. The third-order valence-corrected chi connectivity index (χ3v) is 3.94. The molecule has 0 spiro atoms. The second kappa shape index (κ2) is 4.58. The standard InChI is InChI=1S/C15H19N3/c1-15(8-5-9-15)16-10-13-11-17-18-14(13)12-6-3-2-4-7-12/h2-4,6-7,11,16H,5,8-10H2,1H3,(H,17,18). The summed E-state index contributed by atoms with van der Waals surface area (Å²) in [5.74, 6) is 0. The molecule has 0 aliphatic heterocycles. The molecule has 1 fully saturated rings. The van der Waals surface area contributed by atoms with Crippen molar-refractivity contribution in [3.63, 3.8) is 0 Å². The summed E-state index contributed by atoms with van der Waals surface area (Å²) >= 11 is 0. The molecular weight excluding hydrogens is 222 g/mol. The molecule has 2 aromatic rings. The highest BCUT2D eigenvalue weighted by Gasteiger charge is 2.31. The highest BCUT2D eigenvalue weighted by atomic mass is 15.1. The van der Waals surface area contributed by atoms with Crippen LogP contribution < -0.4 is 5.32 Å². The minimum atomic E-state index is 0.339. The molecule has 1 aliphatic carbocycles. The van der Waals surface area contributed by atoms with E-state index in [2.05, 4.69) is 46.7 Å². The number of nitrogens with one attached hydrogen (secondary N) is 2. The molecule has 1 saturated carbocycles. The first-order valence-corrected chi connectivity index (χ1v) is 6.60. The molecule has 1 aromatic carbocycles. The van der Waals surface area contributed by atoms with Gasteiger partial charge in [-0.15, -0.1) is 0 Å². The molecule has 0 radical (unpaired) electrons. The van der Waals surface area contributed by atoms with E-state index >= 15 is 0 Å². The number of hydrogen-bond acceptors (Lipinski definition) is 2. The summed E-state index contributed by atoms with van der Waals surface area (Å²) < 4.78 is 0. The number of nitrogens with zero attached hydrogens (tertiary/aromatic N) is 1. The molecule has 3 nitrogen and oxygen atoms in total. The number of hydrogen-bond donors (Lipinski definition) is 2. The number of aromatic amines is 1. The lowest BCUT2D eigenvalue weighted by Crippen LogP contribution is -2.47. The van der Waals surface area contributed by atoms with Gasteiger partial charge in [-0.2, -0.15) is 5.10 Å². The molecule has 0 unspecified atom stereocenters. The van der Waals surface area contributed by atoms with Crippen molar-refractivity contribution in [2.75, 3.05) is 0 Å². The predicted molar refractivity (Wildman–Crippen MR) is 73.1 cm³/mol. The second-order valence-electron chi connectivity index (χ2n) is 5.40. The van der Waals surface area contributed by atoms with Gasteiger partial charge in [0.25, 0.3) is 0 Å². The topological polar surface area (TPSA) is 40.7 Å². The van der Waals surface area contributed by atoms with Crippen molar-refractivity contribution in [2.24, 2.45) is 0 Å². The normalized spacial score (nSPS) is 17.4. The van der Waals surface area contributed by atoms with Crippen LogP contribution in [0.1, 0.15) is 31.7 Å². The van der Waals surface area contributed by atoms with E-state index in [1.807, 2.05) is 12.3 Å². The van der Waals surface area contributed by atoms with Gasteiger partial charge in [-0.25, -0.2) is 0 Å². The molecule has 0 saturated heterocycles. The quantitative estimate of drug-likeness (QED) is 0.863. The highest BCUT2D eigenvalue weighted by molar-refractivity contribution is 5.62. The SMILES string of the molecule is CC1(NCc2cn[nH]c2-c2ccccc2)CCC1. The van der Waals surface area contributed by atoms with Gasteiger partial charge in [0.05, 0.1) is 11.9 Å². The summed E-state index contributed by atoms with van der Waals surface area (Å²) in [7, 11) is 0. The Morgan fingerprint density at radius 2 is 2.06 bits per heavy atom. The zero-order chi connectivity index (χ0) is 12.4. The zero-order valence-electron chi connectivity index (χ0n) is 10.7. The van der Waals surface area contributed by atoms with E-state index in [0.29, 0.717) is 5.54 Å². The molecule has 3 rings (SSSR count). The van der Waals surface area contributed by atoms with Crippen LogP contribution >= 0.6 is 0 Å². The Labute approximate surface area is 108 Å². The number of benzene rings is 1. The Bertz CT molecular complexity index is 512. The number of aromatic nitrogens is 2. The van der Waals surface area contributed by atoms with E-state index in [-0.39, 0.29) is 0 Å². The van der Waals surface area contributed by atoms with Gasteiger partial charge in [0, 0.05) is 17.6 Å². The number of rotatable bonds is 4. The average Bonchev–Trinajstić information content (AvgIpc) is 2.83. The largest absolute Gasteiger partial charge is 0.307 e. The van der Waals surface area contributed by atoms with Crippen LogP contribution in [0.4, 0.5) is 0 Å². The van der Waals surface area contributed by atoms with Crippen LogP contribution in [0, 0.1) is 0 Å². The van der Waals surface area contributed by atoms with Crippen LogP contribution in [-0.4, -0.2) is 15.7 Å². The van der Waals surface area contributed by atoms with Crippen molar-refractivity contribution in [3.8, 4) is 11.3 Å². The maximum atomic E-state index is 4.18. The van der Waals surface area contributed by atoms with Crippen LogP contribution in [0.3, 0.4) is 0 Å². The smallest absolute Gasteiger partial charge is 0.0695 e. The van der Waals surface area contributed by atoms with Gasteiger partial charge in [0.15, 0.2) is 0 Å². The number of H-pyrrole nitrogens is 1. The summed E-state index contributed by atoms with van der Waals surface area (Å²) in [4.78, 5) is 0. The summed E-state index contributed by atoms with van der Waals surface area (Å²) in [6, 6.07) is 10.4. The molecule has 18 heavy (non-hydrogen) atoms. The second-order valence-corrected chi connectivity index (χ2v) is 5.40. The maximum absolute atomic E-state index is 4.18. The van der Waals surface area contributed by atoms with E-state index in [0.717, 1.165) is 12.2 Å². The molecule has 94 valence electrons. The third-order valence-electron chi connectivity index (χ3n) is 3.94. The lowest BCUT2D eigenvalue weighted by Gasteiger charge is -2.39. The molecule has 1 aliphatic rings. The van der Waals surface area contributed by atoms with E-state index in [4.69, 9.17) is 0 Å². The zero-order valence-corrected chi connectivity index (χ0v) is 10.7. The molecule has 3 heteroatoms. The highest BCUT2D eigenvalue weighted by Crippen LogP contribution is 2.31. The Morgan fingerprint density at radius 3 is 2.72 bits per heavy atom. The van der Waals surface area contributed by atoms with Gasteiger partial charge in [0.2, 0.25) is 0 Å². The Balaban J connectivity index is 1.75. The van der Waals surface area contributed by atoms with Crippen LogP contribution in [0.15, 0.2) is 36.5 Å². The van der Waals surface area contributed by atoms with Crippen molar-refractivity contribution >= 4 is 0 Å².